The maximum Gasteiger partial charge on any atom is 0.496 e. The number of benzene rings is 3. The molecule has 1 aliphatic heterocycles. The minimum Gasteiger partial charge on any atom is -0.508 e. The minimum atomic E-state index is -4.16. The van der Waals surface area contributed by atoms with Gasteiger partial charge in [-0.3, -0.25) is 4.79 Å². The summed E-state index contributed by atoms with van der Waals surface area (Å²) in [5.74, 6) is -0.945. The molecule has 2 atom stereocenters. The smallest absolute Gasteiger partial charge is 0.496 e. The molecule has 0 bridgehead atoms. The summed E-state index contributed by atoms with van der Waals surface area (Å²) in [5, 5.41) is 16.5. The summed E-state index contributed by atoms with van der Waals surface area (Å²) in [5.41, 5.74) is 9.13. The van der Waals surface area contributed by atoms with Gasteiger partial charge in [0.25, 0.3) is 5.91 Å². The highest BCUT2D eigenvalue weighted by atomic mass is 32.3. The van der Waals surface area contributed by atoms with Crippen molar-refractivity contribution in [3.05, 3.63) is 114 Å². The minimum absolute atomic E-state index is 0.0195. The Labute approximate surface area is 297 Å². The van der Waals surface area contributed by atoms with Crippen molar-refractivity contribution in [2.75, 3.05) is 25.5 Å². The Morgan fingerprint density at radius 1 is 1.04 bits per heavy atom. The van der Waals surface area contributed by atoms with Crippen molar-refractivity contribution >= 4 is 44.8 Å². The van der Waals surface area contributed by atoms with Crippen LogP contribution in [0, 0.1) is 5.82 Å². The van der Waals surface area contributed by atoms with Gasteiger partial charge in [0.15, 0.2) is 10.3 Å². The van der Waals surface area contributed by atoms with Gasteiger partial charge in [0.05, 0.1) is 18.5 Å². The van der Waals surface area contributed by atoms with Crippen LogP contribution in [0.1, 0.15) is 24.0 Å². The number of hydrogen-bond acceptors (Lipinski definition) is 9. The third kappa shape index (κ3) is 8.68. The third-order valence-electron chi connectivity index (χ3n) is 8.60. The number of hydrogen-bond donors (Lipinski definition) is 3. The third-order valence-corrected chi connectivity index (χ3v) is 11.4. The predicted molar refractivity (Wildman–Crippen MR) is 188 cm³/mol. The van der Waals surface area contributed by atoms with E-state index >= 15 is 0 Å². The van der Waals surface area contributed by atoms with E-state index in [1.54, 1.807) is 36.4 Å². The van der Waals surface area contributed by atoms with E-state index in [0.29, 0.717) is 51.5 Å². The van der Waals surface area contributed by atoms with Gasteiger partial charge in [-0.1, -0.05) is 29.4 Å². The number of carbonyl (C=O) groups excluding carboxylic acids is 2. The number of phenolic OH excluding ortho intramolecular Hbond substituents is 1. The first kappa shape index (κ1) is 35.4. The first-order valence-electron chi connectivity index (χ1n) is 16.0. The molecule has 12 nitrogen and oxygen atoms in total. The van der Waals surface area contributed by atoms with E-state index in [9.17, 15) is 27.5 Å². The summed E-state index contributed by atoms with van der Waals surface area (Å²) < 4.78 is 51.7. The van der Waals surface area contributed by atoms with Crippen molar-refractivity contribution in [2.45, 2.75) is 36.1 Å². The van der Waals surface area contributed by atoms with Gasteiger partial charge in [-0.05, 0) is 66.2 Å². The van der Waals surface area contributed by atoms with Crippen LogP contribution >= 0.6 is 11.3 Å². The molecular weight excluding hydrogens is 698 g/mol. The van der Waals surface area contributed by atoms with E-state index in [1.165, 1.54) is 65.4 Å². The number of thiophene rings is 1. The average Bonchev–Trinajstić information content (AvgIpc) is 3.81. The van der Waals surface area contributed by atoms with E-state index in [0.717, 1.165) is 29.9 Å². The van der Waals surface area contributed by atoms with Crippen LogP contribution in [-0.2, 0) is 27.9 Å². The van der Waals surface area contributed by atoms with Gasteiger partial charge in [-0.25, -0.2) is 9.71 Å². The molecule has 3 amide bonds. The molecule has 2 aromatic heterocycles. The number of nitrogens with zero attached hydrogens (tertiary/aromatic N) is 3. The summed E-state index contributed by atoms with van der Waals surface area (Å²) in [6.45, 7) is 1.80. The fourth-order valence-electron chi connectivity index (χ4n) is 6.18. The lowest BCUT2D eigenvalue weighted by Crippen LogP contribution is -2.56. The van der Waals surface area contributed by atoms with Gasteiger partial charge in [0.1, 0.15) is 53.8 Å². The number of phenols is 1. The molecule has 1 aliphatic rings. The van der Waals surface area contributed by atoms with Crippen molar-refractivity contribution in [1.29, 1.82) is 0 Å². The van der Waals surface area contributed by atoms with E-state index in [-0.39, 0.29) is 27.9 Å². The van der Waals surface area contributed by atoms with Crippen molar-refractivity contribution in [3.8, 4) is 22.1 Å². The molecule has 51 heavy (non-hydrogen) atoms. The lowest BCUT2D eigenvalue weighted by molar-refractivity contribution is -0.918. The number of primary amides is 1. The van der Waals surface area contributed by atoms with Gasteiger partial charge in [-0.15, -0.1) is 11.3 Å². The molecule has 264 valence electrons. The zero-order valence-electron chi connectivity index (χ0n) is 27.6. The fraction of sp³-hybridized carbons (Fsp3) is 0.222. The first-order chi connectivity index (χ1) is 24.4. The Balaban J connectivity index is 1.25. The highest BCUT2D eigenvalue weighted by Gasteiger charge is 2.39. The summed E-state index contributed by atoms with van der Waals surface area (Å²) in [6, 6.07) is 21.5. The number of nitrogens with one attached hydrogen (secondary N) is 1. The molecule has 3 aromatic carbocycles. The van der Waals surface area contributed by atoms with Crippen LogP contribution in [0.3, 0.4) is 0 Å². The molecule has 4 N–H and O–H groups in total. The van der Waals surface area contributed by atoms with E-state index < -0.39 is 28.1 Å². The number of quaternary nitrogens is 1. The average molecular weight is 734 g/mol. The van der Waals surface area contributed by atoms with Crippen molar-refractivity contribution in [2.24, 2.45) is 5.73 Å². The Bertz CT molecular complexity index is 2150. The van der Waals surface area contributed by atoms with Crippen LogP contribution < -0.4 is 15.2 Å². The van der Waals surface area contributed by atoms with Crippen LogP contribution in [0.2, 0.25) is 0 Å². The van der Waals surface area contributed by atoms with Crippen LogP contribution in [0.4, 0.5) is 14.9 Å². The second kappa shape index (κ2) is 14.8. The number of nitrogens with two attached hydrogens (primary N) is 1. The topological polar surface area (TPSA) is 165 Å². The largest absolute Gasteiger partial charge is 0.508 e. The molecule has 1 unspecified atom stereocenters. The van der Waals surface area contributed by atoms with Crippen LogP contribution in [-0.4, -0.2) is 71.6 Å². The van der Waals surface area contributed by atoms with Crippen LogP contribution in [0.25, 0.3) is 10.6 Å². The summed E-state index contributed by atoms with van der Waals surface area (Å²) >= 11 is 0.985. The number of anilines is 1. The summed E-state index contributed by atoms with van der Waals surface area (Å²) in [7, 11) is -2.11. The summed E-state index contributed by atoms with van der Waals surface area (Å²) in [4.78, 5) is 27.8. The predicted octanol–water partition coefficient (Wildman–Crippen LogP) is 5.54. The van der Waals surface area contributed by atoms with Crippen molar-refractivity contribution < 1.29 is 45.3 Å². The molecule has 1 fully saturated rings. The molecule has 0 saturated carbocycles. The van der Waals surface area contributed by atoms with E-state index in [1.807, 2.05) is 0 Å². The number of likely N-dealkylation sites (tertiary alicyclic amines) is 1. The second-order valence-electron chi connectivity index (χ2n) is 12.6. The van der Waals surface area contributed by atoms with Crippen molar-refractivity contribution in [1.82, 2.24) is 5.16 Å². The van der Waals surface area contributed by atoms with E-state index in [4.69, 9.17) is 14.4 Å². The quantitative estimate of drug-likeness (QED) is 0.0905. The molecular formula is C36H36FN5O7S2+2. The lowest BCUT2D eigenvalue weighted by Gasteiger charge is -2.38. The Kier molecular flexibility index (Phi) is 10.3. The monoisotopic (exact) mass is 733 g/mol. The maximum absolute atomic E-state index is 14.2. The number of urea groups is 1. The normalized spacial score (nSPS) is 17.8. The van der Waals surface area contributed by atoms with Crippen LogP contribution in [0.15, 0.2) is 106 Å². The molecule has 0 aliphatic carbocycles. The maximum atomic E-state index is 14.2. The number of rotatable bonds is 11. The Morgan fingerprint density at radius 2 is 1.75 bits per heavy atom. The second-order valence-corrected chi connectivity index (χ2v) is 15.5. The Morgan fingerprint density at radius 3 is 2.41 bits per heavy atom. The lowest BCUT2D eigenvalue weighted by atomic mass is 10.0. The Hall–Kier alpha value is -5.38. The summed E-state index contributed by atoms with van der Waals surface area (Å²) in [6.07, 6.45) is 2.76. The first-order valence-corrected chi connectivity index (χ1v) is 18.3. The van der Waals surface area contributed by atoms with E-state index in [2.05, 4.69) is 17.5 Å². The van der Waals surface area contributed by atoms with Crippen molar-refractivity contribution in [3.63, 3.8) is 0 Å². The van der Waals surface area contributed by atoms with Gasteiger partial charge in [0.2, 0.25) is 0 Å². The van der Waals surface area contributed by atoms with Gasteiger partial charge >= 0.3 is 16.1 Å². The SMILES string of the molecule is C[N+]1(Cc2ccc(F)cc2)CCC/C(=[N+](\C(=O)Nc2ccc(OS(=O)(=O)c3ccc(-c4ccon4)s3)cc2)[C@@H](Cc2ccc(O)cc2)C(N)=O)C1. The molecule has 0 spiro atoms. The van der Waals surface area contributed by atoms with Gasteiger partial charge < -0.3 is 24.0 Å². The molecule has 1 saturated heterocycles. The standard InChI is InChI=1S/C36H34FN5O7S2/c1-42(22-25-4-8-26(37)9-5-25)19-2-3-28(23-42)41(32(35(38)44)21-24-6-12-29(43)13-7-24)36(45)39-27-10-14-30(15-11-27)49-51(46,47)34-17-16-33(50-34)31-18-20-48-40-31/h4-18,20,32H,2-3,19,21-23H2,1H3,(H2-2,38,39,43,44,45)/p+2/b41-28+/t32-,42?/m0/s1. The van der Waals surface area contributed by atoms with Gasteiger partial charge in [0, 0.05) is 30.9 Å². The molecule has 15 heteroatoms. The number of aromatic hydroxyl groups is 1. The highest BCUT2D eigenvalue weighted by Crippen LogP contribution is 2.32. The number of halogens is 1. The number of aromatic nitrogens is 1. The molecule has 6 rings (SSSR count). The fourth-order valence-corrected chi connectivity index (χ4v) is 8.34. The molecule has 5 aromatic rings. The highest BCUT2D eigenvalue weighted by molar-refractivity contribution is 7.89. The van der Waals surface area contributed by atoms with Gasteiger partial charge in [-0.2, -0.15) is 17.8 Å². The number of piperidine rings is 1. The number of carbonyl (C=O) groups is 2. The molecule has 0 radical (unpaired) electrons. The van der Waals surface area contributed by atoms with Crippen LogP contribution in [0.5, 0.6) is 11.5 Å². The number of amides is 3. The zero-order valence-corrected chi connectivity index (χ0v) is 29.2. The zero-order chi connectivity index (χ0) is 36.2. The molecule has 3 heterocycles.